The number of nitrogens with one attached hydrogen (secondary N) is 1. The second kappa shape index (κ2) is 10.8. The summed E-state index contributed by atoms with van der Waals surface area (Å²) < 4.78 is 37.1. The van der Waals surface area contributed by atoms with Crippen molar-refractivity contribution in [2.45, 2.75) is 12.7 Å². The highest BCUT2D eigenvalue weighted by atomic mass is 19.4. The number of carbonyl (C=O) groups is 1. The summed E-state index contributed by atoms with van der Waals surface area (Å²) in [6.45, 7) is 4.42. The Morgan fingerprint density at radius 3 is 2.36 bits per heavy atom. The maximum absolute atomic E-state index is 12.1. The highest BCUT2D eigenvalue weighted by molar-refractivity contribution is 5.73. The van der Waals surface area contributed by atoms with E-state index in [0.29, 0.717) is 11.5 Å². The second-order valence-electron chi connectivity index (χ2n) is 7.11. The first-order chi connectivity index (χ1) is 15.7. The number of aliphatic carboxylic acids is 1. The van der Waals surface area contributed by atoms with E-state index in [9.17, 15) is 18.0 Å². The lowest BCUT2D eigenvalue weighted by molar-refractivity contribution is -0.192. The average molecular weight is 462 g/mol. The summed E-state index contributed by atoms with van der Waals surface area (Å²) >= 11 is 0. The van der Waals surface area contributed by atoms with Gasteiger partial charge in [-0.15, -0.1) is 0 Å². The van der Waals surface area contributed by atoms with E-state index in [0.717, 1.165) is 44.0 Å². The number of morpholine rings is 1. The van der Waals surface area contributed by atoms with Crippen molar-refractivity contribution in [3.05, 3.63) is 70.8 Å². The molecule has 0 bridgehead atoms. The Hall–Kier alpha value is -3.57. The molecule has 2 aromatic heterocycles. The van der Waals surface area contributed by atoms with Crippen molar-refractivity contribution in [2.75, 3.05) is 26.3 Å². The second-order valence-corrected chi connectivity index (χ2v) is 7.11. The molecule has 1 aliphatic rings. The smallest absolute Gasteiger partial charge is 0.475 e. The fourth-order valence-corrected chi connectivity index (χ4v) is 3.04. The first-order valence-corrected chi connectivity index (χ1v) is 9.93. The zero-order chi connectivity index (χ0) is 23.8. The minimum Gasteiger partial charge on any atom is -0.475 e. The predicted molar refractivity (Wildman–Crippen MR) is 113 cm³/mol. The molecule has 0 unspecified atom stereocenters. The molecule has 3 heterocycles. The number of pyridine rings is 1. The van der Waals surface area contributed by atoms with Crippen LogP contribution in [0.1, 0.15) is 5.56 Å². The maximum Gasteiger partial charge on any atom is 0.490 e. The molecule has 1 saturated heterocycles. The molecule has 1 aliphatic heterocycles. The number of halogens is 3. The number of carboxylic acids is 1. The number of hydrogen-bond donors (Lipinski definition) is 2. The normalized spacial score (nSPS) is 14.3. The van der Waals surface area contributed by atoms with E-state index in [4.69, 9.17) is 14.6 Å². The SMILES string of the molecule is O=C(O)C(F)(F)F.O=c1cc(-c2cccnc2)nc(-c2ccc(CN3CCOCC3)cc2)[nH]1. The van der Waals surface area contributed by atoms with Gasteiger partial charge >= 0.3 is 12.1 Å². The summed E-state index contributed by atoms with van der Waals surface area (Å²) in [4.78, 5) is 34.8. The standard InChI is InChI=1S/C20H20N4O2.C2HF3O2/c25-19-12-18(17-2-1-7-21-13-17)22-20(23-19)16-5-3-15(4-6-16)14-24-8-10-26-11-9-24;3-2(4,5)1(6)7/h1-7,12-13H,8-11,14H2,(H,22,23,25);(H,6,7). The Labute approximate surface area is 186 Å². The highest BCUT2D eigenvalue weighted by Crippen LogP contribution is 2.20. The van der Waals surface area contributed by atoms with Crippen LogP contribution in [0.2, 0.25) is 0 Å². The molecule has 3 aromatic rings. The van der Waals surface area contributed by atoms with Crippen molar-refractivity contribution in [1.29, 1.82) is 0 Å². The minimum absolute atomic E-state index is 0.175. The van der Waals surface area contributed by atoms with Gasteiger partial charge in [0.1, 0.15) is 5.82 Å². The quantitative estimate of drug-likeness (QED) is 0.614. The van der Waals surface area contributed by atoms with Gasteiger partial charge < -0.3 is 14.8 Å². The highest BCUT2D eigenvalue weighted by Gasteiger charge is 2.38. The Morgan fingerprint density at radius 1 is 1.12 bits per heavy atom. The van der Waals surface area contributed by atoms with Crippen LogP contribution in [0.25, 0.3) is 22.6 Å². The third-order valence-electron chi connectivity index (χ3n) is 4.68. The summed E-state index contributed by atoms with van der Waals surface area (Å²) in [5, 5.41) is 7.12. The minimum atomic E-state index is -5.08. The molecule has 2 N–H and O–H groups in total. The average Bonchev–Trinajstić information content (AvgIpc) is 2.80. The van der Waals surface area contributed by atoms with Gasteiger partial charge in [-0.1, -0.05) is 24.3 Å². The van der Waals surface area contributed by atoms with E-state index in [1.54, 1.807) is 12.4 Å². The molecular formula is C22H21F3N4O4. The van der Waals surface area contributed by atoms with E-state index < -0.39 is 12.1 Å². The topological polar surface area (TPSA) is 108 Å². The van der Waals surface area contributed by atoms with E-state index >= 15 is 0 Å². The lowest BCUT2D eigenvalue weighted by Crippen LogP contribution is -2.35. The van der Waals surface area contributed by atoms with Crippen LogP contribution >= 0.6 is 0 Å². The Bertz CT molecular complexity index is 1110. The number of benzene rings is 1. The number of carboxylic acid groups (broad SMARTS) is 1. The van der Waals surface area contributed by atoms with Crippen LogP contribution in [0.4, 0.5) is 13.2 Å². The molecule has 8 nitrogen and oxygen atoms in total. The predicted octanol–water partition coefficient (Wildman–Crippen LogP) is 2.96. The Kier molecular flexibility index (Phi) is 7.91. The molecule has 0 aliphatic carbocycles. The van der Waals surface area contributed by atoms with Crippen molar-refractivity contribution in [2.24, 2.45) is 0 Å². The molecule has 0 saturated carbocycles. The number of ether oxygens (including phenoxy) is 1. The molecule has 1 aromatic carbocycles. The fraction of sp³-hybridized carbons (Fsp3) is 0.273. The van der Waals surface area contributed by atoms with Gasteiger partial charge in [0.25, 0.3) is 5.56 Å². The van der Waals surface area contributed by atoms with Crippen LogP contribution in [-0.4, -0.2) is 63.4 Å². The molecule has 1 fully saturated rings. The van der Waals surface area contributed by atoms with Crippen molar-refractivity contribution >= 4 is 5.97 Å². The molecule has 0 spiro atoms. The van der Waals surface area contributed by atoms with Crippen LogP contribution in [0.3, 0.4) is 0 Å². The first kappa shape index (κ1) is 24.1. The van der Waals surface area contributed by atoms with Crippen LogP contribution in [0.15, 0.2) is 59.7 Å². The summed E-state index contributed by atoms with van der Waals surface area (Å²) in [5.74, 6) is -2.19. The van der Waals surface area contributed by atoms with Crippen molar-refractivity contribution in [3.8, 4) is 22.6 Å². The molecule has 11 heteroatoms. The van der Waals surface area contributed by atoms with E-state index in [1.165, 1.54) is 11.6 Å². The number of alkyl halides is 3. The van der Waals surface area contributed by atoms with Gasteiger partial charge in [0.2, 0.25) is 0 Å². The number of hydrogen-bond acceptors (Lipinski definition) is 6. The van der Waals surface area contributed by atoms with Gasteiger partial charge in [0.05, 0.1) is 18.9 Å². The van der Waals surface area contributed by atoms with Crippen LogP contribution < -0.4 is 5.56 Å². The number of rotatable bonds is 4. The lowest BCUT2D eigenvalue weighted by atomic mass is 10.1. The number of aromatic amines is 1. The summed E-state index contributed by atoms with van der Waals surface area (Å²) in [5.41, 5.74) is 3.39. The lowest BCUT2D eigenvalue weighted by Gasteiger charge is -2.26. The van der Waals surface area contributed by atoms with Gasteiger partial charge in [-0.25, -0.2) is 9.78 Å². The molecule has 4 rings (SSSR count). The molecule has 0 atom stereocenters. The fourth-order valence-electron chi connectivity index (χ4n) is 3.04. The third-order valence-corrected chi connectivity index (χ3v) is 4.68. The molecule has 0 amide bonds. The van der Waals surface area contributed by atoms with Crippen molar-refractivity contribution in [1.82, 2.24) is 19.9 Å². The van der Waals surface area contributed by atoms with E-state index in [1.807, 2.05) is 24.3 Å². The number of aromatic nitrogens is 3. The monoisotopic (exact) mass is 462 g/mol. The first-order valence-electron chi connectivity index (χ1n) is 9.93. The van der Waals surface area contributed by atoms with Crippen LogP contribution in [0.5, 0.6) is 0 Å². The number of nitrogens with zero attached hydrogens (tertiary/aromatic N) is 3. The van der Waals surface area contributed by atoms with Crippen LogP contribution in [0, 0.1) is 0 Å². The zero-order valence-corrected chi connectivity index (χ0v) is 17.4. The Morgan fingerprint density at radius 2 is 1.79 bits per heavy atom. The number of H-pyrrole nitrogens is 1. The largest absolute Gasteiger partial charge is 0.490 e. The van der Waals surface area contributed by atoms with Crippen molar-refractivity contribution in [3.63, 3.8) is 0 Å². The van der Waals surface area contributed by atoms with Gasteiger partial charge in [-0.2, -0.15) is 13.2 Å². The molecule has 174 valence electrons. The van der Waals surface area contributed by atoms with Crippen LogP contribution in [-0.2, 0) is 16.1 Å². The zero-order valence-electron chi connectivity index (χ0n) is 17.4. The molecule has 0 radical (unpaired) electrons. The van der Waals surface area contributed by atoms with Gasteiger partial charge in [-0.3, -0.25) is 14.7 Å². The third kappa shape index (κ3) is 7.22. The van der Waals surface area contributed by atoms with Gasteiger partial charge in [0.15, 0.2) is 0 Å². The summed E-state index contributed by atoms with van der Waals surface area (Å²) in [6, 6.07) is 13.4. The van der Waals surface area contributed by atoms with E-state index in [-0.39, 0.29) is 5.56 Å². The maximum atomic E-state index is 12.1. The van der Waals surface area contributed by atoms with Gasteiger partial charge in [-0.05, 0) is 17.7 Å². The Balaban J connectivity index is 0.000000383. The van der Waals surface area contributed by atoms with Crippen molar-refractivity contribution < 1.29 is 27.8 Å². The summed E-state index contributed by atoms with van der Waals surface area (Å²) in [7, 11) is 0. The van der Waals surface area contributed by atoms with Gasteiger partial charge in [0, 0.05) is 49.2 Å². The summed E-state index contributed by atoms with van der Waals surface area (Å²) in [6.07, 6.45) is -1.68. The molecule has 33 heavy (non-hydrogen) atoms. The molecular weight excluding hydrogens is 441 g/mol. The van der Waals surface area contributed by atoms with E-state index in [2.05, 4.69) is 32.0 Å².